The zero-order valence-electron chi connectivity index (χ0n) is 10.0. The lowest BCUT2D eigenvalue weighted by atomic mass is 10.2. The standard InChI is InChI=1S/C12H8F2N4OS/c13-7-2-1-6(3-8(7)14)11-17-12(19-18-11)9-5-20-10(4-15)16-9/h1-3,5H,4,15H2. The van der Waals surface area contributed by atoms with Crippen LogP contribution in [0.5, 0.6) is 0 Å². The molecule has 1 aromatic carbocycles. The van der Waals surface area contributed by atoms with Crippen LogP contribution in [0, 0.1) is 11.6 Å². The summed E-state index contributed by atoms with van der Waals surface area (Å²) in [6, 6.07) is 3.39. The van der Waals surface area contributed by atoms with Gasteiger partial charge in [-0.15, -0.1) is 11.3 Å². The molecule has 0 aliphatic rings. The van der Waals surface area contributed by atoms with Crippen molar-refractivity contribution in [3.63, 3.8) is 0 Å². The van der Waals surface area contributed by atoms with E-state index in [1.165, 1.54) is 17.4 Å². The highest BCUT2D eigenvalue weighted by Crippen LogP contribution is 2.24. The van der Waals surface area contributed by atoms with Crippen molar-refractivity contribution in [1.29, 1.82) is 0 Å². The van der Waals surface area contributed by atoms with Gasteiger partial charge in [0.2, 0.25) is 5.82 Å². The molecule has 0 amide bonds. The smallest absolute Gasteiger partial charge is 0.277 e. The van der Waals surface area contributed by atoms with Gasteiger partial charge in [0.25, 0.3) is 5.89 Å². The van der Waals surface area contributed by atoms with Crippen molar-refractivity contribution in [2.24, 2.45) is 5.73 Å². The number of benzene rings is 1. The van der Waals surface area contributed by atoms with Gasteiger partial charge < -0.3 is 10.3 Å². The maximum absolute atomic E-state index is 13.2. The van der Waals surface area contributed by atoms with Crippen molar-refractivity contribution in [2.45, 2.75) is 6.54 Å². The van der Waals surface area contributed by atoms with Crippen LogP contribution in [0.1, 0.15) is 5.01 Å². The summed E-state index contributed by atoms with van der Waals surface area (Å²) in [5.74, 6) is -1.51. The summed E-state index contributed by atoms with van der Waals surface area (Å²) in [6.07, 6.45) is 0. The lowest BCUT2D eigenvalue weighted by Gasteiger charge is -1.95. The van der Waals surface area contributed by atoms with E-state index in [-0.39, 0.29) is 11.7 Å². The number of rotatable bonds is 3. The molecule has 0 saturated carbocycles. The van der Waals surface area contributed by atoms with Crippen molar-refractivity contribution in [1.82, 2.24) is 15.1 Å². The molecule has 3 rings (SSSR count). The summed E-state index contributed by atoms with van der Waals surface area (Å²) in [5, 5.41) is 6.21. The number of halogens is 2. The Labute approximate surface area is 116 Å². The zero-order valence-corrected chi connectivity index (χ0v) is 10.8. The second kappa shape index (κ2) is 5.06. The van der Waals surface area contributed by atoms with Crippen LogP contribution in [0.25, 0.3) is 23.0 Å². The Morgan fingerprint density at radius 2 is 2.05 bits per heavy atom. The average molecular weight is 294 g/mol. The Balaban J connectivity index is 1.95. The highest BCUT2D eigenvalue weighted by Gasteiger charge is 2.14. The Hall–Kier alpha value is -2.19. The number of hydrogen-bond acceptors (Lipinski definition) is 6. The molecule has 2 aromatic heterocycles. The van der Waals surface area contributed by atoms with E-state index >= 15 is 0 Å². The normalized spacial score (nSPS) is 10.9. The first-order chi connectivity index (χ1) is 9.67. The summed E-state index contributed by atoms with van der Waals surface area (Å²) in [7, 11) is 0. The molecule has 2 N–H and O–H groups in total. The van der Waals surface area contributed by atoms with Crippen LogP contribution in [-0.2, 0) is 6.54 Å². The molecule has 0 atom stereocenters. The maximum atomic E-state index is 13.2. The Bertz CT molecular complexity index is 756. The van der Waals surface area contributed by atoms with E-state index < -0.39 is 11.6 Å². The molecule has 3 aromatic rings. The average Bonchev–Trinajstić information content (AvgIpc) is 3.09. The Morgan fingerprint density at radius 1 is 1.20 bits per heavy atom. The van der Waals surface area contributed by atoms with Gasteiger partial charge in [-0.1, -0.05) is 5.16 Å². The predicted octanol–water partition coefficient (Wildman–Crippen LogP) is 2.60. The van der Waals surface area contributed by atoms with Crippen LogP contribution in [0.15, 0.2) is 28.1 Å². The van der Waals surface area contributed by atoms with E-state index in [0.717, 1.165) is 17.1 Å². The molecule has 0 spiro atoms. The molecular weight excluding hydrogens is 286 g/mol. The third-order valence-corrected chi connectivity index (χ3v) is 3.42. The summed E-state index contributed by atoms with van der Waals surface area (Å²) in [5.41, 5.74) is 6.31. The van der Waals surface area contributed by atoms with Gasteiger partial charge in [-0.3, -0.25) is 0 Å². The first-order valence-corrected chi connectivity index (χ1v) is 6.49. The predicted molar refractivity (Wildman–Crippen MR) is 68.6 cm³/mol. The highest BCUT2D eigenvalue weighted by molar-refractivity contribution is 7.09. The maximum Gasteiger partial charge on any atom is 0.277 e. The summed E-state index contributed by atoms with van der Waals surface area (Å²) in [4.78, 5) is 8.31. The van der Waals surface area contributed by atoms with Crippen LogP contribution < -0.4 is 5.73 Å². The molecule has 0 fully saturated rings. The van der Waals surface area contributed by atoms with Crippen molar-refractivity contribution in [2.75, 3.05) is 0 Å². The Kier molecular flexibility index (Phi) is 3.25. The van der Waals surface area contributed by atoms with Gasteiger partial charge in [0.1, 0.15) is 10.7 Å². The number of aromatic nitrogens is 3. The van der Waals surface area contributed by atoms with Gasteiger partial charge in [0, 0.05) is 17.5 Å². The molecule has 20 heavy (non-hydrogen) atoms. The molecule has 102 valence electrons. The second-order valence-electron chi connectivity index (χ2n) is 3.88. The zero-order chi connectivity index (χ0) is 14.1. The van der Waals surface area contributed by atoms with Crippen LogP contribution >= 0.6 is 11.3 Å². The minimum Gasteiger partial charge on any atom is -0.332 e. The SMILES string of the molecule is NCc1nc(-c2nc(-c3ccc(F)c(F)c3)no2)cs1. The fourth-order valence-corrected chi connectivity index (χ4v) is 2.23. The number of thiazole rings is 1. The van der Waals surface area contributed by atoms with E-state index in [1.807, 2.05) is 0 Å². The molecule has 0 aliphatic carbocycles. The first kappa shape index (κ1) is 12.8. The van der Waals surface area contributed by atoms with Gasteiger partial charge in [-0.25, -0.2) is 13.8 Å². The molecule has 0 radical (unpaired) electrons. The first-order valence-electron chi connectivity index (χ1n) is 5.61. The largest absolute Gasteiger partial charge is 0.332 e. The molecule has 0 aliphatic heterocycles. The van der Waals surface area contributed by atoms with E-state index in [9.17, 15) is 8.78 Å². The summed E-state index contributed by atoms with van der Waals surface area (Å²) in [6.45, 7) is 0.328. The van der Waals surface area contributed by atoms with Gasteiger partial charge in [-0.05, 0) is 18.2 Å². The van der Waals surface area contributed by atoms with Crippen LogP contribution in [0.3, 0.4) is 0 Å². The van der Waals surface area contributed by atoms with Crippen LogP contribution in [0.2, 0.25) is 0 Å². The third kappa shape index (κ3) is 2.30. The molecule has 2 heterocycles. The lowest BCUT2D eigenvalue weighted by Crippen LogP contribution is -1.94. The van der Waals surface area contributed by atoms with Crippen LogP contribution in [0.4, 0.5) is 8.78 Å². The van der Waals surface area contributed by atoms with Crippen molar-refractivity contribution in [3.05, 3.63) is 40.2 Å². The van der Waals surface area contributed by atoms with E-state index in [0.29, 0.717) is 17.8 Å². The van der Waals surface area contributed by atoms with Gasteiger partial charge in [0.15, 0.2) is 11.6 Å². The lowest BCUT2D eigenvalue weighted by molar-refractivity contribution is 0.431. The summed E-state index contributed by atoms with van der Waals surface area (Å²) >= 11 is 1.38. The fraction of sp³-hybridized carbons (Fsp3) is 0.0833. The highest BCUT2D eigenvalue weighted by atomic mass is 32.1. The minimum atomic E-state index is -0.965. The molecular formula is C12H8F2N4OS. The van der Waals surface area contributed by atoms with Gasteiger partial charge in [0.05, 0.1) is 0 Å². The molecule has 5 nitrogen and oxygen atoms in total. The van der Waals surface area contributed by atoms with Crippen molar-refractivity contribution in [3.8, 4) is 23.0 Å². The fourth-order valence-electron chi connectivity index (χ4n) is 1.58. The number of hydrogen-bond donors (Lipinski definition) is 1. The van der Waals surface area contributed by atoms with Gasteiger partial charge >= 0.3 is 0 Å². The molecule has 8 heteroatoms. The number of nitrogens with zero attached hydrogens (tertiary/aromatic N) is 3. The minimum absolute atomic E-state index is 0.168. The third-order valence-electron chi connectivity index (χ3n) is 2.55. The van der Waals surface area contributed by atoms with E-state index in [4.69, 9.17) is 10.3 Å². The number of nitrogens with two attached hydrogens (primary N) is 1. The van der Waals surface area contributed by atoms with Gasteiger partial charge in [-0.2, -0.15) is 4.98 Å². The molecule has 0 unspecified atom stereocenters. The summed E-state index contributed by atoms with van der Waals surface area (Å²) < 4.78 is 31.1. The topological polar surface area (TPSA) is 77.8 Å². The monoisotopic (exact) mass is 294 g/mol. The van der Waals surface area contributed by atoms with Crippen molar-refractivity contribution < 1.29 is 13.3 Å². The molecule has 0 saturated heterocycles. The van der Waals surface area contributed by atoms with E-state index in [2.05, 4.69) is 15.1 Å². The Morgan fingerprint density at radius 3 is 2.75 bits per heavy atom. The second-order valence-corrected chi connectivity index (χ2v) is 4.83. The molecule has 0 bridgehead atoms. The van der Waals surface area contributed by atoms with Crippen LogP contribution in [-0.4, -0.2) is 15.1 Å². The quantitative estimate of drug-likeness (QED) is 0.803. The van der Waals surface area contributed by atoms with Crippen molar-refractivity contribution >= 4 is 11.3 Å². The van der Waals surface area contributed by atoms with E-state index in [1.54, 1.807) is 5.38 Å².